The second-order valence-corrected chi connectivity index (χ2v) is 6.77. The summed E-state index contributed by atoms with van der Waals surface area (Å²) < 4.78 is 16.4. The van der Waals surface area contributed by atoms with Crippen LogP contribution in [0.5, 0.6) is 11.5 Å². The molecule has 1 aromatic carbocycles. The van der Waals surface area contributed by atoms with Gasteiger partial charge in [0, 0.05) is 45.9 Å². The molecule has 136 valence electrons. The number of rotatable bonds is 4. The Morgan fingerprint density at radius 2 is 2.00 bits per heavy atom. The van der Waals surface area contributed by atoms with Crippen LogP contribution in [0.1, 0.15) is 18.4 Å². The molecule has 3 aliphatic rings. The van der Waals surface area contributed by atoms with Crippen molar-refractivity contribution < 1.29 is 19.0 Å². The summed E-state index contributed by atoms with van der Waals surface area (Å²) in [4.78, 5) is 16.7. The molecule has 0 spiro atoms. The van der Waals surface area contributed by atoms with Gasteiger partial charge in [-0.2, -0.15) is 0 Å². The molecule has 25 heavy (non-hydrogen) atoms. The molecule has 7 heteroatoms. The van der Waals surface area contributed by atoms with Gasteiger partial charge in [0.1, 0.15) is 0 Å². The molecule has 0 unspecified atom stereocenters. The minimum absolute atomic E-state index is 0.00515. The van der Waals surface area contributed by atoms with Crippen molar-refractivity contribution in [2.45, 2.75) is 25.5 Å². The second kappa shape index (κ2) is 7.49. The van der Waals surface area contributed by atoms with Crippen LogP contribution in [-0.2, 0) is 11.3 Å². The number of fused-ring (bicyclic) bond motifs is 1. The fourth-order valence-corrected chi connectivity index (χ4v) is 3.55. The van der Waals surface area contributed by atoms with Crippen LogP contribution in [0.2, 0.25) is 0 Å². The van der Waals surface area contributed by atoms with Crippen LogP contribution in [0.25, 0.3) is 0 Å². The van der Waals surface area contributed by atoms with Crippen molar-refractivity contribution >= 4 is 6.03 Å². The summed E-state index contributed by atoms with van der Waals surface area (Å²) in [7, 11) is 0. The molecule has 0 bridgehead atoms. The van der Waals surface area contributed by atoms with E-state index in [4.69, 9.17) is 14.2 Å². The Kier molecular flexibility index (Phi) is 4.94. The zero-order chi connectivity index (χ0) is 17.1. The van der Waals surface area contributed by atoms with Gasteiger partial charge in [-0.1, -0.05) is 6.07 Å². The third kappa shape index (κ3) is 3.99. The van der Waals surface area contributed by atoms with E-state index in [9.17, 15) is 4.79 Å². The van der Waals surface area contributed by atoms with E-state index >= 15 is 0 Å². The zero-order valence-electron chi connectivity index (χ0n) is 14.4. The largest absolute Gasteiger partial charge is 0.454 e. The molecule has 2 fully saturated rings. The van der Waals surface area contributed by atoms with E-state index in [1.165, 1.54) is 6.42 Å². The summed E-state index contributed by atoms with van der Waals surface area (Å²) in [6.07, 6.45) is 2.72. The number of benzene rings is 1. The number of piperazine rings is 1. The lowest BCUT2D eigenvalue weighted by Gasteiger charge is -2.35. The van der Waals surface area contributed by atoms with Gasteiger partial charge in [0.2, 0.25) is 6.79 Å². The maximum atomic E-state index is 12.4. The Morgan fingerprint density at radius 1 is 1.16 bits per heavy atom. The number of nitrogens with one attached hydrogen (secondary N) is 1. The van der Waals surface area contributed by atoms with Gasteiger partial charge in [0.25, 0.3) is 0 Å². The number of carbonyl (C=O) groups excluding carboxylic acids is 1. The highest BCUT2D eigenvalue weighted by atomic mass is 16.7. The maximum Gasteiger partial charge on any atom is 0.317 e. The summed E-state index contributed by atoms with van der Waals surface area (Å²) >= 11 is 0. The summed E-state index contributed by atoms with van der Waals surface area (Å²) in [5, 5.41) is 3.00. The van der Waals surface area contributed by atoms with E-state index in [0.29, 0.717) is 12.6 Å². The Bertz CT molecular complexity index is 610. The van der Waals surface area contributed by atoms with Crippen LogP contribution in [0.15, 0.2) is 18.2 Å². The quantitative estimate of drug-likeness (QED) is 0.893. The molecule has 2 amide bonds. The lowest BCUT2D eigenvalue weighted by Crippen LogP contribution is -2.52. The van der Waals surface area contributed by atoms with Crippen molar-refractivity contribution in [3.8, 4) is 11.5 Å². The Balaban J connectivity index is 1.21. The molecular weight excluding hydrogens is 322 g/mol. The second-order valence-electron chi connectivity index (χ2n) is 6.77. The standard InChI is InChI=1S/C18H25N3O4/c22-18(19-11-14-3-4-16-17(10-14)25-13-24-16)21-7-5-20(6-8-21)12-15-2-1-9-23-15/h3-4,10,15H,1-2,5-9,11-13H2,(H,19,22)/t15-/m0/s1. The molecule has 0 saturated carbocycles. The highest BCUT2D eigenvalue weighted by molar-refractivity contribution is 5.74. The van der Waals surface area contributed by atoms with Crippen molar-refractivity contribution in [3.05, 3.63) is 23.8 Å². The van der Waals surface area contributed by atoms with Crippen LogP contribution in [-0.4, -0.2) is 68.1 Å². The number of nitrogens with zero attached hydrogens (tertiary/aromatic N) is 2. The van der Waals surface area contributed by atoms with Gasteiger partial charge < -0.3 is 24.4 Å². The van der Waals surface area contributed by atoms with Gasteiger partial charge in [0.15, 0.2) is 11.5 Å². The summed E-state index contributed by atoms with van der Waals surface area (Å²) in [6, 6.07) is 5.75. The average molecular weight is 347 g/mol. The molecule has 1 atom stereocenters. The van der Waals surface area contributed by atoms with Crippen LogP contribution < -0.4 is 14.8 Å². The van der Waals surface area contributed by atoms with Crippen molar-refractivity contribution in [2.24, 2.45) is 0 Å². The first-order valence-corrected chi connectivity index (χ1v) is 9.03. The zero-order valence-corrected chi connectivity index (χ0v) is 14.4. The topological polar surface area (TPSA) is 63.3 Å². The van der Waals surface area contributed by atoms with Crippen molar-refractivity contribution in [3.63, 3.8) is 0 Å². The molecule has 0 radical (unpaired) electrons. The number of urea groups is 1. The summed E-state index contributed by atoms with van der Waals surface area (Å²) in [6.45, 7) is 6.00. The predicted octanol–water partition coefficient (Wildman–Crippen LogP) is 1.42. The van der Waals surface area contributed by atoms with Crippen LogP contribution >= 0.6 is 0 Å². The molecule has 7 nitrogen and oxygen atoms in total. The SMILES string of the molecule is O=C(NCc1ccc2c(c1)OCO2)N1CCN(C[C@@H]2CCCO2)CC1. The monoisotopic (exact) mass is 347 g/mol. The molecule has 0 aliphatic carbocycles. The number of hydrogen-bond donors (Lipinski definition) is 1. The van der Waals surface area contributed by atoms with Crippen molar-refractivity contribution in [2.75, 3.05) is 46.1 Å². The molecule has 0 aromatic heterocycles. The van der Waals surface area contributed by atoms with E-state index in [2.05, 4.69) is 10.2 Å². The third-order valence-corrected chi connectivity index (χ3v) is 5.03. The number of carbonyl (C=O) groups is 1. The van der Waals surface area contributed by atoms with Gasteiger partial charge in [-0.25, -0.2) is 4.79 Å². The van der Waals surface area contributed by atoms with Gasteiger partial charge in [-0.3, -0.25) is 4.90 Å². The van der Waals surface area contributed by atoms with Crippen LogP contribution in [0.4, 0.5) is 4.79 Å². The van der Waals surface area contributed by atoms with Gasteiger partial charge in [0.05, 0.1) is 6.10 Å². The van der Waals surface area contributed by atoms with Crippen molar-refractivity contribution in [1.29, 1.82) is 0 Å². The minimum Gasteiger partial charge on any atom is -0.454 e. The highest BCUT2D eigenvalue weighted by Crippen LogP contribution is 2.32. The molecule has 1 aromatic rings. The van der Waals surface area contributed by atoms with Crippen LogP contribution in [0, 0.1) is 0 Å². The molecular formula is C18H25N3O4. The van der Waals surface area contributed by atoms with Gasteiger partial charge >= 0.3 is 6.03 Å². The smallest absolute Gasteiger partial charge is 0.317 e. The van der Waals surface area contributed by atoms with E-state index in [1.807, 2.05) is 23.1 Å². The van der Waals surface area contributed by atoms with E-state index in [0.717, 1.165) is 62.8 Å². The first-order chi connectivity index (χ1) is 12.3. The average Bonchev–Trinajstić information content (AvgIpc) is 3.31. The molecule has 1 N–H and O–H groups in total. The fraction of sp³-hybridized carbons (Fsp3) is 0.611. The Hall–Kier alpha value is -1.99. The van der Waals surface area contributed by atoms with Crippen molar-refractivity contribution in [1.82, 2.24) is 15.1 Å². The number of amides is 2. The van der Waals surface area contributed by atoms with Crippen LogP contribution in [0.3, 0.4) is 0 Å². The minimum atomic E-state index is -0.00515. The molecule has 2 saturated heterocycles. The number of hydrogen-bond acceptors (Lipinski definition) is 5. The Labute approximate surface area is 147 Å². The molecule has 3 aliphatic heterocycles. The highest BCUT2D eigenvalue weighted by Gasteiger charge is 2.24. The predicted molar refractivity (Wildman–Crippen MR) is 91.8 cm³/mol. The van der Waals surface area contributed by atoms with E-state index < -0.39 is 0 Å². The van der Waals surface area contributed by atoms with E-state index in [-0.39, 0.29) is 12.8 Å². The Morgan fingerprint density at radius 3 is 2.80 bits per heavy atom. The van der Waals surface area contributed by atoms with Gasteiger partial charge in [-0.15, -0.1) is 0 Å². The molecule has 3 heterocycles. The fourth-order valence-electron chi connectivity index (χ4n) is 3.55. The summed E-state index contributed by atoms with van der Waals surface area (Å²) in [5.74, 6) is 1.51. The molecule has 4 rings (SSSR count). The maximum absolute atomic E-state index is 12.4. The third-order valence-electron chi connectivity index (χ3n) is 5.03. The first-order valence-electron chi connectivity index (χ1n) is 9.03. The lowest BCUT2D eigenvalue weighted by atomic mass is 10.2. The first kappa shape index (κ1) is 16.5. The summed E-state index contributed by atoms with van der Waals surface area (Å²) in [5.41, 5.74) is 1.01. The number of ether oxygens (including phenoxy) is 3. The normalized spacial score (nSPS) is 23.0. The van der Waals surface area contributed by atoms with Gasteiger partial charge in [-0.05, 0) is 30.5 Å². The lowest BCUT2D eigenvalue weighted by molar-refractivity contribution is 0.0561. The van der Waals surface area contributed by atoms with E-state index in [1.54, 1.807) is 0 Å².